The molecular formula is C13H14Cl2N2O4S. The summed E-state index contributed by atoms with van der Waals surface area (Å²) in [6.07, 6.45) is 1.73. The van der Waals surface area contributed by atoms with Crippen molar-refractivity contribution in [2.45, 2.75) is 17.9 Å². The molecule has 2 aliphatic heterocycles. The van der Waals surface area contributed by atoms with Crippen molar-refractivity contribution in [3.05, 3.63) is 22.8 Å². The number of ether oxygens (including phenoxy) is 1. The molecule has 120 valence electrons. The summed E-state index contributed by atoms with van der Waals surface area (Å²) < 4.78 is 27.9. The second-order valence-electron chi connectivity index (χ2n) is 5.70. The van der Waals surface area contributed by atoms with E-state index in [0.717, 1.165) is 26.1 Å². The molecule has 9 heteroatoms. The molecule has 1 aromatic rings. The van der Waals surface area contributed by atoms with Gasteiger partial charge < -0.3 is 9.64 Å². The number of hydrogen-bond acceptors (Lipinski definition) is 5. The highest BCUT2D eigenvalue weighted by atomic mass is 35.7. The monoisotopic (exact) mass is 364 g/mol. The molecular weight excluding hydrogens is 351 g/mol. The molecule has 0 atom stereocenters. The molecule has 2 fully saturated rings. The third-order valence-corrected chi connectivity index (χ3v) is 5.71. The van der Waals surface area contributed by atoms with E-state index >= 15 is 0 Å². The van der Waals surface area contributed by atoms with Gasteiger partial charge in [-0.3, -0.25) is 4.79 Å². The molecule has 0 unspecified atom stereocenters. The van der Waals surface area contributed by atoms with Crippen molar-refractivity contribution in [3.63, 3.8) is 0 Å². The maximum Gasteiger partial charge on any atom is 0.278 e. The second kappa shape index (κ2) is 5.63. The van der Waals surface area contributed by atoms with Crippen LogP contribution in [0.1, 0.15) is 23.3 Å². The van der Waals surface area contributed by atoms with Crippen molar-refractivity contribution in [1.29, 1.82) is 0 Å². The fourth-order valence-electron chi connectivity index (χ4n) is 2.72. The van der Waals surface area contributed by atoms with Crippen LogP contribution in [-0.4, -0.2) is 50.5 Å². The van der Waals surface area contributed by atoms with Crippen LogP contribution in [0.15, 0.2) is 17.2 Å². The minimum Gasteiger partial charge on any atom is -0.380 e. The first-order chi connectivity index (χ1) is 10.3. The number of pyridine rings is 1. The molecule has 0 radical (unpaired) electrons. The minimum absolute atomic E-state index is 0.0794. The molecule has 0 N–H and O–H groups in total. The number of amides is 1. The molecule has 3 rings (SSSR count). The molecule has 1 spiro atoms. The van der Waals surface area contributed by atoms with Crippen molar-refractivity contribution in [1.82, 2.24) is 9.88 Å². The summed E-state index contributed by atoms with van der Waals surface area (Å²) in [7, 11) is 1.26. The summed E-state index contributed by atoms with van der Waals surface area (Å²) in [4.78, 5) is 18.0. The number of likely N-dealkylation sites (tertiary alicyclic amines) is 1. The number of carbonyl (C=O) groups excluding carboxylic acids is 1. The summed E-state index contributed by atoms with van der Waals surface area (Å²) in [6, 6.07) is 2.50. The lowest BCUT2D eigenvalue weighted by Gasteiger charge is -2.47. The molecule has 2 saturated heterocycles. The van der Waals surface area contributed by atoms with E-state index in [9.17, 15) is 13.2 Å². The van der Waals surface area contributed by atoms with E-state index in [2.05, 4.69) is 4.98 Å². The zero-order chi connectivity index (χ0) is 16.0. The molecule has 0 aliphatic carbocycles. The summed E-state index contributed by atoms with van der Waals surface area (Å²) >= 11 is 5.99. The summed E-state index contributed by atoms with van der Waals surface area (Å²) in [5.74, 6) is -0.373. The van der Waals surface area contributed by atoms with Gasteiger partial charge in [-0.05, 0) is 25.0 Å². The fourth-order valence-corrected chi connectivity index (χ4v) is 3.60. The van der Waals surface area contributed by atoms with Crippen LogP contribution in [0.5, 0.6) is 0 Å². The van der Waals surface area contributed by atoms with Gasteiger partial charge in [-0.1, -0.05) is 11.6 Å². The number of nitrogens with zero attached hydrogens (tertiary/aromatic N) is 2. The highest BCUT2D eigenvalue weighted by Gasteiger charge is 2.42. The number of hydrogen-bond donors (Lipinski definition) is 0. The van der Waals surface area contributed by atoms with E-state index in [1.54, 1.807) is 4.90 Å². The zero-order valence-corrected chi connectivity index (χ0v) is 13.9. The molecule has 3 heterocycles. The number of aromatic nitrogens is 1. The van der Waals surface area contributed by atoms with Gasteiger partial charge in [0.05, 0.1) is 18.2 Å². The van der Waals surface area contributed by atoms with Gasteiger partial charge in [0.15, 0.2) is 5.03 Å². The number of halogens is 2. The Morgan fingerprint density at radius 1 is 1.27 bits per heavy atom. The lowest BCUT2D eigenvalue weighted by molar-refractivity contribution is -0.136. The molecule has 1 aromatic heterocycles. The summed E-state index contributed by atoms with van der Waals surface area (Å²) in [5.41, 5.74) is 0.124. The molecule has 0 saturated carbocycles. The fraction of sp³-hybridized carbons (Fsp3) is 0.538. The van der Waals surface area contributed by atoms with Crippen molar-refractivity contribution in [2.24, 2.45) is 5.41 Å². The van der Waals surface area contributed by atoms with Gasteiger partial charge >= 0.3 is 0 Å². The van der Waals surface area contributed by atoms with E-state index in [1.165, 1.54) is 12.1 Å². The van der Waals surface area contributed by atoms with Crippen LogP contribution in [-0.2, 0) is 13.8 Å². The van der Waals surface area contributed by atoms with E-state index in [-0.39, 0.29) is 27.1 Å². The highest BCUT2D eigenvalue weighted by Crippen LogP contribution is 2.38. The lowest BCUT2D eigenvalue weighted by Crippen LogP contribution is -2.52. The smallest absolute Gasteiger partial charge is 0.278 e. The van der Waals surface area contributed by atoms with Crippen molar-refractivity contribution < 1.29 is 17.9 Å². The van der Waals surface area contributed by atoms with E-state index in [4.69, 9.17) is 27.0 Å². The first-order valence-electron chi connectivity index (χ1n) is 6.79. The third-order valence-electron chi connectivity index (χ3n) is 4.20. The predicted molar refractivity (Wildman–Crippen MR) is 80.7 cm³/mol. The molecule has 2 aliphatic rings. The van der Waals surface area contributed by atoms with Gasteiger partial charge in [-0.15, -0.1) is 0 Å². The van der Waals surface area contributed by atoms with Gasteiger partial charge in [0.25, 0.3) is 15.0 Å². The van der Waals surface area contributed by atoms with Crippen molar-refractivity contribution in [3.8, 4) is 0 Å². The number of carbonyl (C=O) groups is 1. The van der Waals surface area contributed by atoms with Crippen LogP contribution < -0.4 is 0 Å². The molecule has 0 bridgehead atoms. The molecule has 22 heavy (non-hydrogen) atoms. The average Bonchev–Trinajstić information content (AvgIpc) is 2.44. The van der Waals surface area contributed by atoms with E-state index in [0.29, 0.717) is 13.1 Å². The Morgan fingerprint density at radius 3 is 2.41 bits per heavy atom. The van der Waals surface area contributed by atoms with Crippen LogP contribution in [0.4, 0.5) is 0 Å². The SMILES string of the molecule is O=C(c1nc(S(=O)(=O)Cl)ccc1Cl)N1CCC2(CC1)COC2. The Labute approximate surface area is 137 Å². The Balaban J connectivity index is 1.80. The normalized spacial score (nSPS) is 20.7. The highest BCUT2D eigenvalue weighted by molar-refractivity contribution is 8.13. The maximum absolute atomic E-state index is 12.5. The average molecular weight is 365 g/mol. The first-order valence-corrected chi connectivity index (χ1v) is 9.48. The largest absolute Gasteiger partial charge is 0.380 e. The topological polar surface area (TPSA) is 76.6 Å². The molecule has 6 nitrogen and oxygen atoms in total. The zero-order valence-electron chi connectivity index (χ0n) is 11.6. The third kappa shape index (κ3) is 2.95. The quantitative estimate of drug-likeness (QED) is 0.749. The summed E-state index contributed by atoms with van der Waals surface area (Å²) in [6.45, 7) is 2.65. The van der Waals surface area contributed by atoms with E-state index < -0.39 is 9.05 Å². The van der Waals surface area contributed by atoms with Crippen LogP contribution in [0, 0.1) is 5.41 Å². The van der Waals surface area contributed by atoms with Gasteiger partial charge in [0, 0.05) is 29.2 Å². The Bertz CT molecular complexity index is 709. The Hall–Kier alpha value is -0.890. The van der Waals surface area contributed by atoms with Crippen LogP contribution in [0.2, 0.25) is 5.02 Å². The predicted octanol–water partition coefficient (Wildman–Crippen LogP) is 1.92. The maximum atomic E-state index is 12.5. The standard InChI is InChI=1S/C13H14Cl2N2O4S/c14-9-1-2-10(22(15,19)20)16-11(9)12(18)17-5-3-13(4-6-17)7-21-8-13/h1-2H,3-8H2. The molecule has 1 amide bonds. The van der Waals surface area contributed by atoms with Crippen LogP contribution in [0.25, 0.3) is 0 Å². The lowest BCUT2D eigenvalue weighted by atomic mass is 9.77. The molecule has 0 aromatic carbocycles. The van der Waals surface area contributed by atoms with Crippen molar-refractivity contribution in [2.75, 3.05) is 26.3 Å². The van der Waals surface area contributed by atoms with Crippen molar-refractivity contribution >= 4 is 37.2 Å². The number of piperidine rings is 1. The first kappa shape index (κ1) is 16.0. The van der Waals surface area contributed by atoms with Crippen LogP contribution >= 0.6 is 22.3 Å². The Kier molecular flexibility index (Phi) is 4.09. The Morgan fingerprint density at radius 2 is 1.91 bits per heavy atom. The van der Waals surface area contributed by atoms with Gasteiger partial charge in [0.1, 0.15) is 5.69 Å². The van der Waals surface area contributed by atoms with Gasteiger partial charge in [-0.2, -0.15) is 0 Å². The van der Waals surface area contributed by atoms with Gasteiger partial charge in [0.2, 0.25) is 0 Å². The minimum atomic E-state index is -4.00. The van der Waals surface area contributed by atoms with Crippen LogP contribution in [0.3, 0.4) is 0 Å². The number of rotatable bonds is 2. The van der Waals surface area contributed by atoms with Gasteiger partial charge in [-0.25, -0.2) is 13.4 Å². The second-order valence-corrected chi connectivity index (χ2v) is 8.62. The van der Waals surface area contributed by atoms with E-state index in [1.807, 2.05) is 0 Å². The summed E-state index contributed by atoms with van der Waals surface area (Å²) in [5, 5.41) is -0.260.